The lowest BCUT2D eigenvalue weighted by Gasteiger charge is -2.37. The van der Waals surface area contributed by atoms with E-state index in [9.17, 15) is 8.42 Å². The maximum atomic E-state index is 11.7. The second-order valence-corrected chi connectivity index (χ2v) is 7.56. The van der Waals surface area contributed by atoms with Gasteiger partial charge in [-0.05, 0) is 32.8 Å². The molecule has 0 bridgehead atoms. The summed E-state index contributed by atoms with van der Waals surface area (Å²) in [7, 11) is -3.62. The molecule has 0 aliphatic carbocycles. The lowest BCUT2D eigenvalue weighted by Crippen LogP contribution is -2.52. The molecule has 2 rings (SSSR count). The van der Waals surface area contributed by atoms with Crippen LogP contribution < -0.4 is 10.0 Å². The molecule has 0 aromatic carbocycles. The van der Waals surface area contributed by atoms with Gasteiger partial charge in [0.05, 0.1) is 17.5 Å². The van der Waals surface area contributed by atoms with Crippen LogP contribution in [0, 0.1) is 6.92 Å². The maximum absolute atomic E-state index is 11.7. The molecule has 0 radical (unpaired) electrons. The van der Waals surface area contributed by atoms with Gasteiger partial charge in [0.25, 0.3) is 0 Å². The first-order valence-electron chi connectivity index (χ1n) is 6.96. The van der Waals surface area contributed by atoms with Crippen LogP contribution in [0.5, 0.6) is 0 Å². The summed E-state index contributed by atoms with van der Waals surface area (Å²) in [5, 5.41) is 4.65. The second kappa shape index (κ2) is 6.25. The van der Waals surface area contributed by atoms with E-state index in [4.69, 9.17) is 9.88 Å². The van der Waals surface area contributed by atoms with Crippen molar-refractivity contribution in [1.29, 1.82) is 0 Å². The van der Waals surface area contributed by atoms with E-state index in [1.165, 1.54) is 0 Å². The number of nitrogens with zero attached hydrogens (tertiary/aromatic N) is 3. The Kier molecular flexibility index (Phi) is 4.80. The van der Waals surface area contributed by atoms with E-state index in [-0.39, 0.29) is 12.2 Å². The molecule has 1 aliphatic rings. The van der Waals surface area contributed by atoms with Crippen LogP contribution in [-0.4, -0.2) is 48.9 Å². The largest absolute Gasteiger partial charge is 0.374 e. The van der Waals surface area contributed by atoms with Crippen LogP contribution in [0.25, 0.3) is 0 Å². The number of nitrogens with two attached hydrogens (primary N) is 1. The molecule has 1 aliphatic heterocycles. The zero-order valence-electron chi connectivity index (χ0n) is 12.6. The molecule has 1 saturated heterocycles. The van der Waals surface area contributed by atoms with Crippen LogP contribution in [-0.2, 0) is 14.8 Å². The first-order valence-corrected chi connectivity index (χ1v) is 8.57. The quantitative estimate of drug-likeness (QED) is 0.866. The summed E-state index contributed by atoms with van der Waals surface area (Å²) in [4.78, 5) is 10.3. The van der Waals surface area contributed by atoms with E-state index < -0.39 is 15.3 Å². The summed E-state index contributed by atoms with van der Waals surface area (Å²) >= 11 is 0. The zero-order chi connectivity index (χ0) is 15.6. The van der Waals surface area contributed by atoms with Crippen molar-refractivity contribution in [3.05, 3.63) is 18.0 Å². The van der Waals surface area contributed by atoms with Gasteiger partial charge < -0.3 is 9.64 Å². The van der Waals surface area contributed by atoms with Gasteiger partial charge >= 0.3 is 0 Å². The molecule has 118 valence electrons. The van der Waals surface area contributed by atoms with Crippen molar-refractivity contribution >= 4 is 16.0 Å². The molecule has 7 nitrogen and oxygen atoms in total. The fourth-order valence-electron chi connectivity index (χ4n) is 2.44. The van der Waals surface area contributed by atoms with Gasteiger partial charge in [0.1, 0.15) is 0 Å². The lowest BCUT2D eigenvalue weighted by atomic mass is 10.1. The summed E-state index contributed by atoms with van der Waals surface area (Å²) in [6.45, 7) is 6.60. The van der Waals surface area contributed by atoms with E-state index >= 15 is 0 Å². The van der Waals surface area contributed by atoms with Crippen LogP contribution in [0.15, 0.2) is 12.4 Å². The Morgan fingerprint density at radius 1 is 1.33 bits per heavy atom. The van der Waals surface area contributed by atoms with E-state index in [0.29, 0.717) is 25.5 Å². The Labute approximate surface area is 125 Å². The smallest absolute Gasteiger partial charge is 0.225 e. The first kappa shape index (κ1) is 16.1. The van der Waals surface area contributed by atoms with Crippen molar-refractivity contribution < 1.29 is 13.2 Å². The summed E-state index contributed by atoms with van der Waals surface area (Å²) in [5.74, 6) is 0.506. The topological polar surface area (TPSA) is 98.4 Å². The van der Waals surface area contributed by atoms with Crippen molar-refractivity contribution in [1.82, 2.24) is 9.97 Å². The van der Waals surface area contributed by atoms with Crippen molar-refractivity contribution in [2.24, 2.45) is 5.14 Å². The highest BCUT2D eigenvalue weighted by atomic mass is 32.2. The Hall–Kier alpha value is -1.25. The van der Waals surface area contributed by atoms with Crippen LogP contribution in [0.3, 0.4) is 0 Å². The summed E-state index contributed by atoms with van der Waals surface area (Å²) in [6, 6.07) is 0. The van der Waals surface area contributed by atoms with Crippen LogP contribution in [0.4, 0.5) is 5.95 Å². The number of aryl methyl sites for hydroxylation is 1. The Morgan fingerprint density at radius 3 is 2.48 bits per heavy atom. The summed E-state index contributed by atoms with van der Waals surface area (Å²) in [5.41, 5.74) is 0.953. The number of piperidine rings is 1. The number of primary sulfonamides is 1. The molecule has 1 fully saturated rings. The van der Waals surface area contributed by atoms with Gasteiger partial charge in [-0.1, -0.05) is 0 Å². The molecule has 0 amide bonds. The van der Waals surface area contributed by atoms with Gasteiger partial charge in [-0.15, -0.1) is 0 Å². The number of sulfonamides is 1. The van der Waals surface area contributed by atoms with Crippen molar-refractivity contribution in [3.63, 3.8) is 0 Å². The zero-order valence-corrected chi connectivity index (χ0v) is 13.4. The highest BCUT2D eigenvalue weighted by Crippen LogP contribution is 2.22. The maximum Gasteiger partial charge on any atom is 0.225 e. The third-order valence-electron chi connectivity index (χ3n) is 3.35. The van der Waals surface area contributed by atoms with Gasteiger partial charge in [0, 0.05) is 25.5 Å². The van der Waals surface area contributed by atoms with Crippen molar-refractivity contribution in [2.75, 3.05) is 18.0 Å². The molecule has 2 atom stereocenters. The highest BCUT2D eigenvalue weighted by Gasteiger charge is 2.35. The minimum Gasteiger partial charge on any atom is -0.374 e. The Bertz CT molecular complexity index is 574. The van der Waals surface area contributed by atoms with E-state index in [1.54, 1.807) is 12.4 Å². The molecule has 0 unspecified atom stereocenters. The number of aromatic nitrogens is 2. The molecule has 0 spiro atoms. The predicted octanol–water partition coefficient (Wildman–Crippen LogP) is 0.446. The minimum atomic E-state index is -3.62. The monoisotopic (exact) mass is 314 g/mol. The lowest BCUT2D eigenvalue weighted by molar-refractivity contribution is 0.00144. The van der Waals surface area contributed by atoms with Crippen molar-refractivity contribution in [2.45, 2.75) is 44.6 Å². The average molecular weight is 314 g/mol. The van der Waals surface area contributed by atoms with E-state index in [2.05, 4.69) is 9.97 Å². The van der Waals surface area contributed by atoms with E-state index in [1.807, 2.05) is 25.7 Å². The third kappa shape index (κ3) is 4.36. The summed E-state index contributed by atoms with van der Waals surface area (Å²) < 4.78 is 29.2. The highest BCUT2D eigenvalue weighted by molar-refractivity contribution is 7.89. The van der Waals surface area contributed by atoms with Crippen molar-refractivity contribution in [3.8, 4) is 0 Å². The molecule has 8 heteroatoms. The molecule has 1 aromatic heterocycles. The molecule has 2 N–H and O–H groups in total. The molecule has 2 heterocycles. The van der Waals surface area contributed by atoms with Gasteiger partial charge in [0.2, 0.25) is 16.0 Å². The molecular formula is C13H22N4O3S. The average Bonchev–Trinajstić information content (AvgIpc) is 2.37. The normalized spacial score (nSPS) is 23.6. The molecule has 1 aromatic rings. The number of ether oxygens (including phenoxy) is 1. The molecule has 21 heavy (non-hydrogen) atoms. The predicted molar refractivity (Wildman–Crippen MR) is 80.5 cm³/mol. The van der Waals surface area contributed by atoms with Crippen LogP contribution in [0.2, 0.25) is 0 Å². The third-order valence-corrected chi connectivity index (χ3v) is 4.62. The molecular weight excluding hydrogens is 292 g/mol. The fraction of sp³-hybridized carbons (Fsp3) is 0.692. The van der Waals surface area contributed by atoms with Gasteiger partial charge in [-0.2, -0.15) is 0 Å². The number of hydrogen-bond acceptors (Lipinski definition) is 6. The Balaban J connectivity index is 2.21. The van der Waals surface area contributed by atoms with Gasteiger partial charge in [-0.3, -0.25) is 0 Å². The van der Waals surface area contributed by atoms with Gasteiger partial charge in [0.15, 0.2) is 0 Å². The second-order valence-electron chi connectivity index (χ2n) is 5.72. The Morgan fingerprint density at radius 2 is 1.95 bits per heavy atom. The van der Waals surface area contributed by atoms with E-state index in [0.717, 1.165) is 5.56 Å². The van der Waals surface area contributed by atoms with Crippen LogP contribution >= 0.6 is 0 Å². The minimum absolute atomic E-state index is 0.0232. The SMILES string of the molecule is Cc1cnc(N2C[C@H](OC(C)C)C[C@@H](S(N)(=O)=O)C2)nc1. The fourth-order valence-corrected chi connectivity index (χ4v) is 3.31. The number of anilines is 1. The molecule has 0 saturated carbocycles. The number of hydrogen-bond donors (Lipinski definition) is 1. The summed E-state index contributed by atoms with van der Waals surface area (Å²) in [6.07, 6.45) is 3.64. The number of rotatable bonds is 4. The first-order chi connectivity index (χ1) is 9.75. The standard InChI is InChI=1S/C13H22N4O3S/c1-9(2)20-11-4-12(21(14,18)19)8-17(7-11)13-15-5-10(3)6-16-13/h5-6,9,11-12H,4,7-8H2,1-3H3,(H2,14,18,19)/t11-,12-/m1/s1. The van der Waals surface area contributed by atoms with Crippen LogP contribution in [0.1, 0.15) is 25.8 Å². The van der Waals surface area contributed by atoms with Gasteiger partial charge in [-0.25, -0.2) is 23.5 Å².